The standard InChI is InChI=1S/C17H23N3O2S/c1-17(2,14-8-6-5-7-9-14)20(4)23(21,22)16-12-15(13-10-11-13)18-19(16)3/h5-9,12-13H,10-11H2,1-4H3. The topological polar surface area (TPSA) is 55.2 Å². The maximum atomic E-state index is 13.1. The van der Waals surface area contributed by atoms with Gasteiger partial charge in [-0.3, -0.25) is 4.68 Å². The molecule has 0 aliphatic heterocycles. The molecule has 124 valence electrons. The van der Waals surface area contributed by atoms with Crippen molar-refractivity contribution >= 4 is 10.0 Å². The molecule has 0 radical (unpaired) electrons. The monoisotopic (exact) mass is 333 g/mol. The lowest BCUT2D eigenvalue weighted by molar-refractivity contribution is 0.268. The number of nitrogens with zero attached hydrogens (tertiary/aromatic N) is 3. The van der Waals surface area contributed by atoms with Gasteiger partial charge in [0.15, 0.2) is 5.03 Å². The molecule has 1 saturated carbocycles. The van der Waals surface area contributed by atoms with Crippen LogP contribution in [0.5, 0.6) is 0 Å². The second kappa shape index (κ2) is 5.46. The minimum Gasteiger partial charge on any atom is -0.256 e. The smallest absolute Gasteiger partial charge is 0.256 e. The van der Waals surface area contributed by atoms with E-state index in [2.05, 4.69) is 5.10 Å². The predicted octanol–water partition coefficient (Wildman–Crippen LogP) is 2.85. The van der Waals surface area contributed by atoms with Crippen molar-refractivity contribution in [3.8, 4) is 0 Å². The molecule has 0 spiro atoms. The highest BCUT2D eigenvalue weighted by Crippen LogP contribution is 2.40. The highest BCUT2D eigenvalue weighted by molar-refractivity contribution is 7.89. The molecule has 0 atom stereocenters. The number of rotatable bonds is 5. The van der Waals surface area contributed by atoms with Gasteiger partial charge in [-0.25, -0.2) is 8.42 Å². The average Bonchev–Trinajstić information content (AvgIpc) is 3.29. The molecule has 6 heteroatoms. The minimum absolute atomic E-state index is 0.255. The van der Waals surface area contributed by atoms with Gasteiger partial charge in [-0.2, -0.15) is 9.40 Å². The quantitative estimate of drug-likeness (QED) is 0.845. The lowest BCUT2D eigenvalue weighted by Gasteiger charge is -2.35. The summed E-state index contributed by atoms with van der Waals surface area (Å²) in [4.78, 5) is 0. The molecule has 0 saturated heterocycles. The van der Waals surface area contributed by atoms with Crippen LogP contribution in [0.15, 0.2) is 41.4 Å². The molecular weight excluding hydrogens is 310 g/mol. The summed E-state index contributed by atoms with van der Waals surface area (Å²) in [5.41, 5.74) is 1.19. The number of aryl methyl sites for hydroxylation is 1. The highest BCUT2D eigenvalue weighted by Gasteiger charge is 2.38. The molecule has 1 aliphatic rings. The first-order valence-corrected chi connectivity index (χ1v) is 9.27. The molecule has 23 heavy (non-hydrogen) atoms. The van der Waals surface area contributed by atoms with E-state index >= 15 is 0 Å². The normalized spacial score (nSPS) is 16.0. The van der Waals surface area contributed by atoms with E-state index in [0.29, 0.717) is 5.92 Å². The third-order valence-electron chi connectivity index (χ3n) is 4.74. The molecule has 1 fully saturated rings. The Morgan fingerprint density at radius 2 is 1.83 bits per heavy atom. The Morgan fingerprint density at radius 3 is 2.39 bits per heavy atom. The van der Waals surface area contributed by atoms with E-state index in [-0.39, 0.29) is 5.03 Å². The number of hydrogen-bond donors (Lipinski definition) is 0. The van der Waals surface area contributed by atoms with Crippen LogP contribution in [0.2, 0.25) is 0 Å². The molecule has 1 aliphatic carbocycles. The zero-order valence-corrected chi connectivity index (χ0v) is 14.8. The van der Waals surface area contributed by atoms with Crippen molar-refractivity contribution in [3.63, 3.8) is 0 Å². The summed E-state index contributed by atoms with van der Waals surface area (Å²) < 4.78 is 29.1. The number of sulfonamides is 1. The minimum atomic E-state index is -3.63. The second-order valence-corrected chi connectivity index (χ2v) is 8.62. The molecule has 5 nitrogen and oxygen atoms in total. The number of hydrogen-bond acceptors (Lipinski definition) is 3. The predicted molar refractivity (Wildman–Crippen MR) is 89.6 cm³/mol. The third kappa shape index (κ3) is 2.81. The highest BCUT2D eigenvalue weighted by atomic mass is 32.2. The average molecular weight is 333 g/mol. The molecular formula is C17H23N3O2S. The van der Waals surface area contributed by atoms with E-state index in [9.17, 15) is 8.42 Å². The van der Waals surface area contributed by atoms with Crippen LogP contribution >= 0.6 is 0 Å². The van der Waals surface area contributed by atoms with Gasteiger partial charge < -0.3 is 0 Å². The molecule has 2 aromatic rings. The molecule has 0 N–H and O–H groups in total. The summed E-state index contributed by atoms with van der Waals surface area (Å²) in [7, 11) is -0.299. The third-order valence-corrected chi connectivity index (χ3v) is 6.83. The fourth-order valence-corrected chi connectivity index (χ4v) is 4.39. The molecule has 0 amide bonds. The van der Waals surface area contributed by atoms with Crippen LogP contribution in [0, 0.1) is 0 Å². The van der Waals surface area contributed by atoms with Crippen LogP contribution in [-0.2, 0) is 22.6 Å². The summed E-state index contributed by atoms with van der Waals surface area (Å²) in [5.74, 6) is 0.428. The summed E-state index contributed by atoms with van der Waals surface area (Å²) in [6.07, 6.45) is 2.20. The van der Waals surface area contributed by atoms with Crippen molar-refractivity contribution < 1.29 is 8.42 Å². The van der Waals surface area contributed by atoms with Crippen LogP contribution in [0.25, 0.3) is 0 Å². The van der Waals surface area contributed by atoms with Crippen LogP contribution in [0.4, 0.5) is 0 Å². The lowest BCUT2D eigenvalue weighted by atomic mass is 9.95. The van der Waals surface area contributed by atoms with Gasteiger partial charge in [-0.05, 0) is 32.3 Å². The first kappa shape index (κ1) is 16.2. The molecule has 0 bridgehead atoms. The second-order valence-electron chi connectivity index (χ2n) is 6.70. The first-order valence-electron chi connectivity index (χ1n) is 7.83. The first-order chi connectivity index (χ1) is 10.7. The van der Waals surface area contributed by atoms with Crippen molar-refractivity contribution in [2.24, 2.45) is 7.05 Å². The summed E-state index contributed by atoms with van der Waals surface area (Å²) >= 11 is 0. The Morgan fingerprint density at radius 1 is 1.22 bits per heavy atom. The van der Waals surface area contributed by atoms with Gasteiger partial charge in [-0.15, -0.1) is 0 Å². The van der Waals surface area contributed by atoms with E-state index in [1.807, 2.05) is 44.2 Å². The van der Waals surface area contributed by atoms with Crippen LogP contribution < -0.4 is 0 Å². The Bertz CT molecular complexity index is 806. The fraction of sp³-hybridized carbons (Fsp3) is 0.471. The van der Waals surface area contributed by atoms with Crippen LogP contribution in [0.3, 0.4) is 0 Å². The summed E-state index contributed by atoms with van der Waals surface area (Å²) in [6, 6.07) is 11.4. The molecule has 1 aromatic carbocycles. The lowest BCUT2D eigenvalue weighted by Crippen LogP contribution is -2.43. The van der Waals surface area contributed by atoms with Crippen molar-refractivity contribution in [2.75, 3.05) is 7.05 Å². The molecule has 1 aromatic heterocycles. The van der Waals surface area contributed by atoms with Gasteiger partial charge in [0.25, 0.3) is 10.0 Å². The van der Waals surface area contributed by atoms with E-state index in [0.717, 1.165) is 24.1 Å². The zero-order chi connectivity index (χ0) is 16.8. The van der Waals surface area contributed by atoms with Crippen molar-refractivity contribution in [2.45, 2.75) is 43.2 Å². The van der Waals surface area contributed by atoms with E-state index in [1.54, 1.807) is 20.2 Å². The fourth-order valence-electron chi connectivity index (χ4n) is 2.76. The Balaban J connectivity index is 1.98. The van der Waals surface area contributed by atoms with Gasteiger partial charge in [0.2, 0.25) is 0 Å². The Hall–Kier alpha value is -1.66. The number of benzene rings is 1. The summed E-state index contributed by atoms with van der Waals surface area (Å²) in [5, 5.41) is 4.64. The van der Waals surface area contributed by atoms with E-state index in [1.165, 1.54) is 8.99 Å². The van der Waals surface area contributed by atoms with E-state index < -0.39 is 15.6 Å². The Labute approximate surface area is 138 Å². The maximum Gasteiger partial charge on any atom is 0.260 e. The molecule has 0 unspecified atom stereocenters. The zero-order valence-electron chi connectivity index (χ0n) is 14.0. The molecule has 1 heterocycles. The number of aromatic nitrogens is 2. The van der Waals surface area contributed by atoms with Crippen molar-refractivity contribution in [1.82, 2.24) is 14.1 Å². The van der Waals surface area contributed by atoms with Crippen molar-refractivity contribution in [3.05, 3.63) is 47.7 Å². The van der Waals surface area contributed by atoms with E-state index in [4.69, 9.17) is 0 Å². The largest absolute Gasteiger partial charge is 0.260 e. The van der Waals surface area contributed by atoms with Gasteiger partial charge in [0.05, 0.1) is 11.2 Å². The van der Waals surface area contributed by atoms with Gasteiger partial charge in [0, 0.05) is 26.1 Å². The van der Waals surface area contributed by atoms with Crippen LogP contribution in [-0.4, -0.2) is 29.6 Å². The van der Waals surface area contributed by atoms with Crippen molar-refractivity contribution in [1.29, 1.82) is 0 Å². The molecule has 3 rings (SSSR count). The maximum absolute atomic E-state index is 13.1. The Kier molecular flexibility index (Phi) is 3.84. The van der Waals surface area contributed by atoms with Crippen LogP contribution in [0.1, 0.15) is 43.9 Å². The van der Waals surface area contributed by atoms with Gasteiger partial charge in [0.1, 0.15) is 0 Å². The summed E-state index contributed by atoms with van der Waals surface area (Å²) in [6.45, 7) is 3.83. The van der Waals surface area contributed by atoms with Gasteiger partial charge >= 0.3 is 0 Å². The van der Waals surface area contributed by atoms with Gasteiger partial charge in [-0.1, -0.05) is 30.3 Å². The SMILES string of the molecule is CN(C(C)(C)c1ccccc1)S(=O)(=O)c1cc(C2CC2)nn1C.